The van der Waals surface area contributed by atoms with Crippen LogP contribution in [0, 0.1) is 11.8 Å². The van der Waals surface area contributed by atoms with Gasteiger partial charge < -0.3 is 5.11 Å². The molecular weight excluding hydrogens is 308 g/mol. The molecule has 0 radical (unpaired) electrons. The van der Waals surface area contributed by atoms with Crippen molar-refractivity contribution in [3.8, 4) is 17.1 Å². The van der Waals surface area contributed by atoms with Gasteiger partial charge in [0.05, 0.1) is 0 Å². The zero-order valence-electron chi connectivity index (χ0n) is 15.5. The molecule has 0 aliphatic heterocycles. The first-order valence-corrected chi connectivity index (χ1v) is 9.83. The summed E-state index contributed by atoms with van der Waals surface area (Å²) in [7, 11) is 0. The standard InChI is InChI=1S/C22H30N2O/c1-3-5-6-16(4-2)13-17-7-12-21-19(14-17)15-23-22(24-21)18-8-10-20(25)11-9-18/h8-11,15-17,25H,3-7,12-14H2,1-2H3. The van der Waals surface area contributed by atoms with Crippen LogP contribution in [-0.2, 0) is 12.8 Å². The molecule has 0 bridgehead atoms. The van der Waals surface area contributed by atoms with Crippen molar-refractivity contribution in [2.45, 2.75) is 65.2 Å². The van der Waals surface area contributed by atoms with Gasteiger partial charge in [-0.05, 0) is 67.3 Å². The van der Waals surface area contributed by atoms with Crippen molar-refractivity contribution in [2.75, 3.05) is 0 Å². The number of nitrogens with zero attached hydrogens (tertiary/aromatic N) is 2. The molecule has 1 aromatic carbocycles. The molecule has 0 fully saturated rings. The first-order chi connectivity index (χ1) is 12.2. The molecule has 2 atom stereocenters. The highest BCUT2D eigenvalue weighted by atomic mass is 16.3. The topological polar surface area (TPSA) is 46.0 Å². The van der Waals surface area contributed by atoms with E-state index < -0.39 is 0 Å². The molecule has 0 saturated heterocycles. The molecule has 0 amide bonds. The molecule has 3 rings (SSSR count). The number of unbranched alkanes of at least 4 members (excludes halogenated alkanes) is 1. The molecule has 1 N–H and O–H groups in total. The number of aryl methyl sites for hydroxylation is 1. The van der Waals surface area contributed by atoms with Crippen molar-refractivity contribution >= 4 is 0 Å². The Morgan fingerprint density at radius 2 is 2.00 bits per heavy atom. The third-order valence-corrected chi connectivity index (χ3v) is 5.59. The lowest BCUT2D eigenvalue weighted by Crippen LogP contribution is -2.19. The fourth-order valence-corrected chi connectivity index (χ4v) is 3.99. The number of aromatic nitrogens is 2. The molecule has 2 aromatic rings. The normalized spacial score (nSPS) is 17.9. The van der Waals surface area contributed by atoms with Gasteiger partial charge in [0.2, 0.25) is 0 Å². The monoisotopic (exact) mass is 338 g/mol. The first kappa shape index (κ1) is 17.9. The minimum atomic E-state index is 0.276. The molecular formula is C22H30N2O. The highest BCUT2D eigenvalue weighted by Gasteiger charge is 2.23. The van der Waals surface area contributed by atoms with Gasteiger partial charge in [0, 0.05) is 17.5 Å². The average molecular weight is 338 g/mol. The SMILES string of the molecule is CCCCC(CC)CC1CCc2nc(-c3ccc(O)cc3)ncc2C1. The van der Waals surface area contributed by atoms with Gasteiger partial charge in [-0.25, -0.2) is 9.97 Å². The van der Waals surface area contributed by atoms with E-state index in [1.165, 1.54) is 49.8 Å². The molecule has 0 saturated carbocycles. The zero-order chi connectivity index (χ0) is 17.6. The van der Waals surface area contributed by atoms with Crippen molar-refractivity contribution in [1.82, 2.24) is 9.97 Å². The minimum Gasteiger partial charge on any atom is -0.508 e. The Labute approximate surface area is 151 Å². The van der Waals surface area contributed by atoms with Crippen LogP contribution >= 0.6 is 0 Å². The molecule has 1 heterocycles. The Morgan fingerprint density at radius 3 is 2.72 bits per heavy atom. The lowest BCUT2D eigenvalue weighted by Gasteiger charge is -2.27. The third-order valence-electron chi connectivity index (χ3n) is 5.59. The number of phenols is 1. The Hall–Kier alpha value is -1.90. The van der Waals surface area contributed by atoms with Crippen LogP contribution in [0.3, 0.4) is 0 Å². The summed E-state index contributed by atoms with van der Waals surface area (Å²) in [4.78, 5) is 9.39. The molecule has 1 aliphatic carbocycles. The first-order valence-electron chi connectivity index (χ1n) is 9.83. The summed E-state index contributed by atoms with van der Waals surface area (Å²) >= 11 is 0. The summed E-state index contributed by atoms with van der Waals surface area (Å²) in [5.74, 6) is 2.71. The largest absolute Gasteiger partial charge is 0.508 e. The van der Waals surface area contributed by atoms with Gasteiger partial charge >= 0.3 is 0 Å². The number of rotatable bonds is 7. The maximum Gasteiger partial charge on any atom is 0.159 e. The Bertz CT molecular complexity index is 681. The van der Waals surface area contributed by atoms with Crippen LogP contribution in [-0.4, -0.2) is 15.1 Å². The zero-order valence-corrected chi connectivity index (χ0v) is 15.5. The Balaban J connectivity index is 1.67. The van der Waals surface area contributed by atoms with E-state index in [-0.39, 0.29) is 5.75 Å². The van der Waals surface area contributed by atoms with Gasteiger partial charge in [0.1, 0.15) is 5.75 Å². The predicted molar refractivity (Wildman–Crippen MR) is 103 cm³/mol. The van der Waals surface area contributed by atoms with Gasteiger partial charge in [-0.3, -0.25) is 0 Å². The van der Waals surface area contributed by atoms with Crippen LogP contribution in [0.2, 0.25) is 0 Å². The van der Waals surface area contributed by atoms with Crippen LogP contribution < -0.4 is 0 Å². The molecule has 0 spiro atoms. The predicted octanol–water partition coefficient (Wildman–Crippen LogP) is 5.56. The average Bonchev–Trinajstić information content (AvgIpc) is 2.65. The molecule has 25 heavy (non-hydrogen) atoms. The van der Waals surface area contributed by atoms with Gasteiger partial charge in [-0.1, -0.05) is 39.5 Å². The van der Waals surface area contributed by atoms with E-state index in [1.54, 1.807) is 12.1 Å². The third kappa shape index (κ3) is 4.59. The van der Waals surface area contributed by atoms with E-state index in [9.17, 15) is 5.11 Å². The second-order valence-electron chi connectivity index (χ2n) is 7.47. The van der Waals surface area contributed by atoms with Crippen molar-refractivity contribution < 1.29 is 5.11 Å². The van der Waals surface area contributed by atoms with Crippen LogP contribution in [0.25, 0.3) is 11.4 Å². The summed E-state index contributed by atoms with van der Waals surface area (Å²) in [6.07, 6.45) is 12.2. The van der Waals surface area contributed by atoms with E-state index in [0.29, 0.717) is 0 Å². The molecule has 1 aromatic heterocycles. The number of hydrogen-bond acceptors (Lipinski definition) is 3. The summed E-state index contributed by atoms with van der Waals surface area (Å²) in [6, 6.07) is 7.13. The number of fused-ring (bicyclic) bond motifs is 1. The molecule has 3 heteroatoms. The molecule has 134 valence electrons. The number of hydrogen-bond donors (Lipinski definition) is 1. The van der Waals surface area contributed by atoms with Gasteiger partial charge in [0.15, 0.2) is 5.82 Å². The summed E-state index contributed by atoms with van der Waals surface area (Å²) in [5, 5.41) is 9.43. The quantitative estimate of drug-likeness (QED) is 0.719. The fourth-order valence-electron chi connectivity index (χ4n) is 3.99. The molecule has 1 aliphatic rings. The van der Waals surface area contributed by atoms with Crippen molar-refractivity contribution in [3.05, 3.63) is 41.7 Å². The van der Waals surface area contributed by atoms with E-state index >= 15 is 0 Å². The van der Waals surface area contributed by atoms with Crippen LogP contribution in [0.4, 0.5) is 0 Å². The van der Waals surface area contributed by atoms with E-state index in [2.05, 4.69) is 18.8 Å². The summed E-state index contributed by atoms with van der Waals surface area (Å²) in [6.45, 7) is 4.62. The second kappa shape index (κ2) is 8.46. The number of benzene rings is 1. The van der Waals surface area contributed by atoms with Crippen molar-refractivity contribution in [2.24, 2.45) is 11.8 Å². The highest BCUT2D eigenvalue weighted by Crippen LogP contribution is 2.32. The van der Waals surface area contributed by atoms with Gasteiger partial charge in [-0.15, -0.1) is 0 Å². The second-order valence-corrected chi connectivity index (χ2v) is 7.47. The Kier molecular flexibility index (Phi) is 6.06. The fraction of sp³-hybridized carbons (Fsp3) is 0.545. The maximum absolute atomic E-state index is 9.43. The Morgan fingerprint density at radius 1 is 1.20 bits per heavy atom. The molecule has 3 nitrogen and oxygen atoms in total. The summed E-state index contributed by atoms with van der Waals surface area (Å²) in [5.41, 5.74) is 3.52. The van der Waals surface area contributed by atoms with Crippen LogP contribution in [0.1, 0.15) is 63.6 Å². The highest BCUT2D eigenvalue weighted by molar-refractivity contribution is 5.56. The number of aromatic hydroxyl groups is 1. The van der Waals surface area contributed by atoms with Crippen LogP contribution in [0.5, 0.6) is 5.75 Å². The van der Waals surface area contributed by atoms with E-state index in [4.69, 9.17) is 4.98 Å². The lowest BCUT2D eigenvalue weighted by atomic mass is 9.79. The van der Waals surface area contributed by atoms with E-state index in [0.717, 1.165) is 36.1 Å². The lowest BCUT2D eigenvalue weighted by molar-refractivity contribution is 0.311. The maximum atomic E-state index is 9.43. The smallest absolute Gasteiger partial charge is 0.159 e. The van der Waals surface area contributed by atoms with Gasteiger partial charge in [-0.2, -0.15) is 0 Å². The van der Waals surface area contributed by atoms with Crippen molar-refractivity contribution in [3.63, 3.8) is 0 Å². The minimum absolute atomic E-state index is 0.276. The summed E-state index contributed by atoms with van der Waals surface area (Å²) < 4.78 is 0. The van der Waals surface area contributed by atoms with Crippen molar-refractivity contribution in [1.29, 1.82) is 0 Å². The van der Waals surface area contributed by atoms with E-state index in [1.807, 2.05) is 18.3 Å². The number of phenolic OH excluding ortho intramolecular Hbond substituents is 1. The van der Waals surface area contributed by atoms with Crippen LogP contribution in [0.15, 0.2) is 30.5 Å². The van der Waals surface area contributed by atoms with Gasteiger partial charge in [0.25, 0.3) is 0 Å². The molecule has 2 unspecified atom stereocenters.